The molecule has 0 aromatic heterocycles. The fourth-order valence-electron chi connectivity index (χ4n) is 2.86. The largest absolute Gasteiger partial charge is 0.346 e. The number of carbonyl (C=O) groups is 1. The van der Waals surface area contributed by atoms with Gasteiger partial charge in [0.25, 0.3) is 0 Å². The predicted octanol–water partition coefficient (Wildman–Crippen LogP) is 0.373. The fraction of sp³-hybridized carbons (Fsp3) is 0.500. The normalized spacial score (nSPS) is 23.4. The van der Waals surface area contributed by atoms with Gasteiger partial charge in [-0.1, -0.05) is 12.1 Å². The van der Waals surface area contributed by atoms with Gasteiger partial charge < -0.3 is 14.4 Å². The summed E-state index contributed by atoms with van der Waals surface area (Å²) in [6, 6.07) is 7.36. The number of nitrogens with two attached hydrogens (primary N) is 1. The van der Waals surface area contributed by atoms with Crippen molar-refractivity contribution in [1.29, 1.82) is 0 Å². The zero-order valence-corrected chi connectivity index (χ0v) is 12.8. The lowest BCUT2D eigenvalue weighted by molar-refractivity contribution is -0.117. The van der Waals surface area contributed by atoms with Gasteiger partial charge in [-0.3, -0.25) is 4.79 Å². The number of anilines is 1. The van der Waals surface area contributed by atoms with Crippen LogP contribution < -0.4 is 10.0 Å². The van der Waals surface area contributed by atoms with Gasteiger partial charge in [0.1, 0.15) is 0 Å². The molecule has 120 valence electrons. The Morgan fingerprint density at radius 3 is 2.68 bits per heavy atom. The second-order valence-corrected chi connectivity index (χ2v) is 7.23. The predicted molar refractivity (Wildman–Crippen MR) is 79.5 cm³/mol. The molecule has 2 N–H and O–H groups in total. The highest BCUT2D eigenvalue weighted by atomic mass is 32.2. The molecule has 2 fully saturated rings. The van der Waals surface area contributed by atoms with Crippen LogP contribution in [0.5, 0.6) is 0 Å². The molecule has 2 aliphatic rings. The summed E-state index contributed by atoms with van der Waals surface area (Å²) < 4.78 is 33.3. The van der Waals surface area contributed by atoms with Gasteiger partial charge in [0, 0.05) is 30.1 Å². The molecule has 1 unspecified atom stereocenters. The molecule has 0 bridgehead atoms. The van der Waals surface area contributed by atoms with E-state index in [1.807, 2.05) is 24.3 Å². The molecule has 22 heavy (non-hydrogen) atoms. The Hall–Kier alpha value is -1.48. The van der Waals surface area contributed by atoms with Crippen molar-refractivity contribution in [2.75, 3.05) is 30.4 Å². The molecule has 3 rings (SSSR count). The molecule has 2 saturated heterocycles. The van der Waals surface area contributed by atoms with Crippen LogP contribution in [0, 0.1) is 5.92 Å². The summed E-state index contributed by atoms with van der Waals surface area (Å²) in [5.41, 5.74) is 1.57. The Morgan fingerprint density at radius 1 is 1.27 bits per heavy atom. The van der Waals surface area contributed by atoms with E-state index in [1.165, 1.54) is 0 Å². The lowest BCUT2D eigenvalue weighted by Crippen LogP contribution is -2.27. The number of amides is 1. The lowest BCUT2D eigenvalue weighted by Gasteiger charge is -2.19. The minimum atomic E-state index is -3.58. The van der Waals surface area contributed by atoms with Crippen LogP contribution in [0.1, 0.15) is 18.3 Å². The van der Waals surface area contributed by atoms with Crippen molar-refractivity contribution in [3.63, 3.8) is 0 Å². The van der Waals surface area contributed by atoms with Crippen LogP contribution in [0.15, 0.2) is 24.3 Å². The molecule has 1 atom stereocenters. The first-order valence-corrected chi connectivity index (χ1v) is 8.78. The minimum Gasteiger partial charge on any atom is -0.346 e. The number of nitrogens with zero attached hydrogens (tertiary/aromatic N) is 1. The SMILES string of the molecule is NS(=O)(=O)CC1CC(=O)N(c2cccc(C3OCCO3)c2)C1. The molecular weight excluding hydrogens is 308 g/mol. The van der Waals surface area contributed by atoms with Gasteiger partial charge in [-0.25, -0.2) is 13.6 Å². The molecular formula is C14H18N2O5S. The van der Waals surface area contributed by atoms with Gasteiger partial charge in [0.2, 0.25) is 15.9 Å². The second-order valence-electron chi connectivity index (χ2n) is 5.57. The zero-order valence-electron chi connectivity index (χ0n) is 12.0. The van der Waals surface area contributed by atoms with Gasteiger partial charge >= 0.3 is 0 Å². The van der Waals surface area contributed by atoms with E-state index in [0.29, 0.717) is 19.8 Å². The van der Waals surface area contributed by atoms with Crippen LogP contribution in [0.2, 0.25) is 0 Å². The number of benzene rings is 1. The number of ether oxygens (including phenoxy) is 2. The molecule has 7 nitrogen and oxygen atoms in total. The molecule has 1 aromatic rings. The number of hydrogen-bond donors (Lipinski definition) is 1. The maximum Gasteiger partial charge on any atom is 0.227 e. The molecule has 0 spiro atoms. The summed E-state index contributed by atoms with van der Waals surface area (Å²) in [5.74, 6) is -0.548. The smallest absolute Gasteiger partial charge is 0.227 e. The molecule has 0 saturated carbocycles. The highest BCUT2D eigenvalue weighted by molar-refractivity contribution is 7.89. The van der Waals surface area contributed by atoms with E-state index in [-0.39, 0.29) is 24.0 Å². The number of rotatable bonds is 4. The van der Waals surface area contributed by atoms with E-state index in [2.05, 4.69) is 0 Å². The van der Waals surface area contributed by atoms with E-state index >= 15 is 0 Å². The van der Waals surface area contributed by atoms with Gasteiger partial charge in [-0.2, -0.15) is 0 Å². The molecule has 1 aromatic carbocycles. The summed E-state index contributed by atoms with van der Waals surface area (Å²) in [6.07, 6.45) is -0.213. The van der Waals surface area contributed by atoms with Crippen molar-refractivity contribution in [1.82, 2.24) is 0 Å². The van der Waals surface area contributed by atoms with Crippen LogP contribution in [-0.2, 0) is 24.3 Å². The standard InChI is InChI=1S/C14H18N2O5S/c15-22(18,19)9-10-6-13(17)16(8-10)12-3-1-2-11(7-12)14-20-4-5-21-14/h1-3,7,10,14H,4-6,8-9H2,(H2,15,18,19). The third kappa shape index (κ3) is 3.46. The summed E-state index contributed by atoms with van der Waals surface area (Å²) in [7, 11) is -3.58. The van der Waals surface area contributed by atoms with E-state index in [4.69, 9.17) is 14.6 Å². The Balaban J connectivity index is 1.76. The maximum atomic E-state index is 12.1. The van der Waals surface area contributed by atoms with Crippen molar-refractivity contribution < 1.29 is 22.7 Å². The minimum absolute atomic E-state index is 0.0981. The Kier molecular flexibility index (Phi) is 4.18. The number of primary sulfonamides is 1. The van der Waals surface area contributed by atoms with E-state index < -0.39 is 16.3 Å². The average molecular weight is 326 g/mol. The molecule has 0 aliphatic carbocycles. The Bertz CT molecular complexity index is 670. The molecule has 2 heterocycles. The van der Waals surface area contributed by atoms with Crippen LogP contribution in [0.4, 0.5) is 5.69 Å². The highest BCUT2D eigenvalue weighted by Crippen LogP contribution is 2.30. The van der Waals surface area contributed by atoms with Crippen LogP contribution >= 0.6 is 0 Å². The molecule has 2 aliphatic heterocycles. The van der Waals surface area contributed by atoms with Crippen LogP contribution in [0.3, 0.4) is 0 Å². The van der Waals surface area contributed by atoms with Crippen LogP contribution in [-0.4, -0.2) is 39.8 Å². The summed E-state index contributed by atoms with van der Waals surface area (Å²) in [6.45, 7) is 1.45. The molecule has 8 heteroatoms. The van der Waals surface area contributed by atoms with Gasteiger partial charge in [0.05, 0.1) is 19.0 Å². The summed E-state index contributed by atoms with van der Waals surface area (Å²) in [4.78, 5) is 13.7. The first-order chi connectivity index (χ1) is 10.4. The van der Waals surface area contributed by atoms with Crippen molar-refractivity contribution >= 4 is 21.6 Å². The number of sulfonamides is 1. The van der Waals surface area contributed by atoms with E-state index in [0.717, 1.165) is 11.3 Å². The summed E-state index contributed by atoms with van der Waals surface area (Å²) >= 11 is 0. The zero-order chi connectivity index (χ0) is 15.7. The number of hydrogen-bond acceptors (Lipinski definition) is 5. The lowest BCUT2D eigenvalue weighted by atomic mass is 10.1. The first kappa shape index (κ1) is 15.4. The topological polar surface area (TPSA) is 98.9 Å². The van der Waals surface area contributed by atoms with Crippen molar-refractivity contribution in [2.24, 2.45) is 11.1 Å². The first-order valence-electron chi connectivity index (χ1n) is 7.06. The van der Waals surface area contributed by atoms with Crippen LogP contribution in [0.25, 0.3) is 0 Å². The molecule has 1 amide bonds. The van der Waals surface area contributed by atoms with Gasteiger partial charge in [-0.15, -0.1) is 0 Å². The van der Waals surface area contributed by atoms with E-state index in [9.17, 15) is 13.2 Å². The van der Waals surface area contributed by atoms with Crippen molar-refractivity contribution in [3.05, 3.63) is 29.8 Å². The second kappa shape index (κ2) is 5.96. The monoisotopic (exact) mass is 326 g/mol. The van der Waals surface area contributed by atoms with Gasteiger partial charge in [0.15, 0.2) is 6.29 Å². The summed E-state index contributed by atoms with van der Waals surface area (Å²) in [5, 5.41) is 5.06. The fourth-order valence-corrected chi connectivity index (χ4v) is 3.74. The maximum absolute atomic E-state index is 12.1. The third-order valence-electron chi connectivity index (χ3n) is 3.75. The highest BCUT2D eigenvalue weighted by Gasteiger charge is 2.33. The third-order valence-corrected chi connectivity index (χ3v) is 4.68. The van der Waals surface area contributed by atoms with Gasteiger partial charge in [-0.05, 0) is 12.1 Å². The molecule has 0 radical (unpaired) electrons. The van der Waals surface area contributed by atoms with Crippen molar-refractivity contribution in [3.8, 4) is 0 Å². The van der Waals surface area contributed by atoms with Crippen molar-refractivity contribution in [2.45, 2.75) is 12.7 Å². The van der Waals surface area contributed by atoms with E-state index in [1.54, 1.807) is 4.90 Å². The Labute approximate surface area is 129 Å². The Morgan fingerprint density at radius 2 is 2.00 bits per heavy atom. The number of carbonyl (C=O) groups excluding carboxylic acids is 1. The average Bonchev–Trinajstić information content (AvgIpc) is 3.07. The quantitative estimate of drug-likeness (QED) is 0.862.